The maximum atomic E-state index is 11.5. The zero-order valence-electron chi connectivity index (χ0n) is 11.0. The summed E-state index contributed by atoms with van der Waals surface area (Å²) in [4.78, 5) is 11.5. The highest BCUT2D eigenvalue weighted by Crippen LogP contribution is 2.40. The van der Waals surface area contributed by atoms with Gasteiger partial charge in [-0.05, 0) is 49.1 Å². The molecule has 2 fully saturated rings. The Morgan fingerprint density at radius 2 is 2.22 bits per heavy atom. The van der Waals surface area contributed by atoms with E-state index >= 15 is 0 Å². The molecule has 18 heavy (non-hydrogen) atoms. The smallest absolute Gasteiger partial charge is 0.220 e. The van der Waals surface area contributed by atoms with Crippen LogP contribution < -0.4 is 5.32 Å². The van der Waals surface area contributed by atoms with Crippen LogP contribution in [0.5, 0.6) is 0 Å². The predicted molar refractivity (Wildman–Crippen MR) is 72.5 cm³/mol. The van der Waals surface area contributed by atoms with Crippen LogP contribution >= 0.6 is 0 Å². The first kappa shape index (κ1) is 11.8. The third-order valence-corrected chi connectivity index (χ3v) is 4.45. The van der Waals surface area contributed by atoms with E-state index in [1.807, 2.05) is 0 Å². The first-order valence-corrected chi connectivity index (χ1v) is 7.11. The van der Waals surface area contributed by atoms with Gasteiger partial charge in [0.15, 0.2) is 0 Å². The topological polar surface area (TPSA) is 29.1 Å². The SMILES string of the molecule is CCC1(Cc2cccc(C3CC3)c2)CCC(=O)N1. The fourth-order valence-corrected chi connectivity index (χ4v) is 3.06. The molecule has 1 aliphatic carbocycles. The molecule has 1 saturated heterocycles. The number of nitrogens with one attached hydrogen (secondary N) is 1. The Balaban J connectivity index is 1.78. The van der Waals surface area contributed by atoms with E-state index in [1.165, 1.54) is 24.0 Å². The Morgan fingerprint density at radius 3 is 2.83 bits per heavy atom. The van der Waals surface area contributed by atoms with Gasteiger partial charge in [0.25, 0.3) is 0 Å². The number of benzene rings is 1. The van der Waals surface area contributed by atoms with Gasteiger partial charge >= 0.3 is 0 Å². The summed E-state index contributed by atoms with van der Waals surface area (Å²) in [6.07, 6.45) is 6.37. The van der Waals surface area contributed by atoms with Crippen LogP contribution in [0, 0.1) is 0 Å². The molecule has 1 aromatic carbocycles. The molecule has 1 unspecified atom stereocenters. The van der Waals surface area contributed by atoms with E-state index in [0.717, 1.165) is 25.2 Å². The molecule has 1 heterocycles. The molecule has 1 saturated carbocycles. The molecule has 1 aromatic rings. The van der Waals surface area contributed by atoms with Crippen LogP contribution in [0.3, 0.4) is 0 Å². The van der Waals surface area contributed by atoms with Crippen molar-refractivity contribution in [2.45, 2.75) is 56.9 Å². The summed E-state index contributed by atoms with van der Waals surface area (Å²) < 4.78 is 0. The molecular weight excluding hydrogens is 222 g/mol. The second-order valence-electron chi connectivity index (χ2n) is 5.88. The number of carbonyl (C=O) groups excluding carboxylic acids is 1. The zero-order chi connectivity index (χ0) is 12.6. The van der Waals surface area contributed by atoms with Gasteiger partial charge in [-0.25, -0.2) is 0 Å². The number of hydrogen-bond acceptors (Lipinski definition) is 1. The minimum atomic E-state index is 0.0132. The van der Waals surface area contributed by atoms with Crippen molar-refractivity contribution >= 4 is 5.91 Å². The van der Waals surface area contributed by atoms with E-state index in [0.29, 0.717) is 6.42 Å². The molecular formula is C16H21NO. The first-order chi connectivity index (χ1) is 8.71. The monoisotopic (exact) mass is 243 g/mol. The van der Waals surface area contributed by atoms with Gasteiger partial charge in [-0.3, -0.25) is 4.79 Å². The van der Waals surface area contributed by atoms with Crippen molar-refractivity contribution in [2.75, 3.05) is 0 Å². The van der Waals surface area contributed by atoms with Crippen molar-refractivity contribution < 1.29 is 4.79 Å². The molecule has 0 radical (unpaired) electrons. The minimum absolute atomic E-state index is 0.0132. The predicted octanol–water partition coefficient (Wildman–Crippen LogP) is 3.17. The summed E-state index contributed by atoms with van der Waals surface area (Å²) in [5.41, 5.74) is 2.88. The molecule has 1 aliphatic heterocycles. The number of carbonyl (C=O) groups is 1. The van der Waals surface area contributed by atoms with Crippen LogP contribution in [0.1, 0.15) is 56.1 Å². The van der Waals surface area contributed by atoms with Crippen molar-refractivity contribution in [3.8, 4) is 0 Å². The van der Waals surface area contributed by atoms with Crippen molar-refractivity contribution in [3.05, 3.63) is 35.4 Å². The van der Waals surface area contributed by atoms with Gasteiger partial charge in [0.1, 0.15) is 0 Å². The quantitative estimate of drug-likeness (QED) is 0.864. The zero-order valence-corrected chi connectivity index (χ0v) is 11.0. The van der Waals surface area contributed by atoms with Gasteiger partial charge < -0.3 is 5.32 Å². The summed E-state index contributed by atoms with van der Waals surface area (Å²) in [6, 6.07) is 8.96. The average Bonchev–Trinajstić information content (AvgIpc) is 3.16. The van der Waals surface area contributed by atoms with Crippen molar-refractivity contribution in [2.24, 2.45) is 0 Å². The van der Waals surface area contributed by atoms with E-state index in [1.54, 1.807) is 0 Å². The molecule has 1 amide bonds. The van der Waals surface area contributed by atoms with Crippen LogP contribution in [-0.2, 0) is 11.2 Å². The Kier molecular flexibility index (Phi) is 2.89. The van der Waals surface area contributed by atoms with E-state index in [2.05, 4.69) is 36.5 Å². The molecule has 0 bridgehead atoms. The fraction of sp³-hybridized carbons (Fsp3) is 0.562. The summed E-state index contributed by atoms with van der Waals surface area (Å²) in [5.74, 6) is 1.02. The Hall–Kier alpha value is -1.31. The lowest BCUT2D eigenvalue weighted by atomic mass is 9.86. The van der Waals surface area contributed by atoms with E-state index in [4.69, 9.17) is 0 Å². The van der Waals surface area contributed by atoms with Crippen LogP contribution in [-0.4, -0.2) is 11.4 Å². The maximum Gasteiger partial charge on any atom is 0.220 e. The van der Waals surface area contributed by atoms with Gasteiger partial charge in [0, 0.05) is 12.0 Å². The van der Waals surface area contributed by atoms with Crippen LogP contribution in [0.15, 0.2) is 24.3 Å². The van der Waals surface area contributed by atoms with Crippen LogP contribution in [0.2, 0.25) is 0 Å². The minimum Gasteiger partial charge on any atom is -0.350 e. The molecule has 1 N–H and O–H groups in total. The molecule has 0 spiro atoms. The van der Waals surface area contributed by atoms with E-state index in [-0.39, 0.29) is 11.4 Å². The largest absolute Gasteiger partial charge is 0.350 e. The normalized spacial score (nSPS) is 27.3. The number of amides is 1. The number of hydrogen-bond donors (Lipinski definition) is 1. The van der Waals surface area contributed by atoms with Crippen molar-refractivity contribution in [3.63, 3.8) is 0 Å². The molecule has 2 heteroatoms. The third kappa shape index (κ3) is 2.29. The second kappa shape index (κ2) is 4.42. The standard InChI is InChI=1S/C16H21NO/c1-2-16(9-8-15(18)17-16)11-12-4-3-5-14(10-12)13-6-7-13/h3-5,10,13H,2,6-9,11H2,1H3,(H,17,18). The molecule has 1 atom stereocenters. The second-order valence-corrected chi connectivity index (χ2v) is 5.88. The molecule has 3 rings (SSSR count). The van der Waals surface area contributed by atoms with E-state index in [9.17, 15) is 4.79 Å². The lowest BCUT2D eigenvalue weighted by Crippen LogP contribution is -2.42. The van der Waals surface area contributed by atoms with Crippen molar-refractivity contribution in [1.29, 1.82) is 0 Å². The van der Waals surface area contributed by atoms with E-state index < -0.39 is 0 Å². The van der Waals surface area contributed by atoms with Crippen LogP contribution in [0.4, 0.5) is 0 Å². The Morgan fingerprint density at radius 1 is 1.39 bits per heavy atom. The molecule has 2 nitrogen and oxygen atoms in total. The van der Waals surface area contributed by atoms with Crippen LogP contribution in [0.25, 0.3) is 0 Å². The molecule has 2 aliphatic rings. The first-order valence-electron chi connectivity index (χ1n) is 7.11. The summed E-state index contributed by atoms with van der Waals surface area (Å²) in [5, 5.41) is 3.19. The highest BCUT2D eigenvalue weighted by molar-refractivity contribution is 5.79. The average molecular weight is 243 g/mol. The fourth-order valence-electron chi connectivity index (χ4n) is 3.06. The third-order valence-electron chi connectivity index (χ3n) is 4.45. The summed E-state index contributed by atoms with van der Waals surface area (Å²) in [6.45, 7) is 2.18. The summed E-state index contributed by atoms with van der Waals surface area (Å²) >= 11 is 0. The molecule has 96 valence electrons. The van der Waals surface area contributed by atoms with Gasteiger partial charge in [0.05, 0.1) is 0 Å². The van der Waals surface area contributed by atoms with Gasteiger partial charge in [-0.1, -0.05) is 31.2 Å². The lowest BCUT2D eigenvalue weighted by molar-refractivity contribution is -0.119. The van der Waals surface area contributed by atoms with Gasteiger partial charge in [-0.15, -0.1) is 0 Å². The van der Waals surface area contributed by atoms with Gasteiger partial charge in [-0.2, -0.15) is 0 Å². The highest BCUT2D eigenvalue weighted by Gasteiger charge is 2.36. The number of rotatable bonds is 4. The Labute approximate surface area is 109 Å². The van der Waals surface area contributed by atoms with Crippen molar-refractivity contribution in [1.82, 2.24) is 5.32 Å². The molecule has 0 aromatic heterocycles. The Bertz CT molecular complexity index is 464. The van der Waals surface area contributed by atoms with Gasteiger partial charge in [0.2, 0.25) is 5.91 Å². The lowest BCUT2D eigenvalue weighted by Gasteiger charge is -2.28. The highest BCUT2D eigenvalue weighted by atomic mass is 16.2. The summed E-state index contributed by atoms with van der Waals surface area (Å²) in [7, 11) is 0. The maximum absolute atomic E-state index is 11.5.